The number of nitrogens with one attached hydrogen (secondary N) is 1. The molecule has 0 bridgehead atoms. The lowest BCUT2D eigenvalue weighted by Gasteiger charge is -2.01. The molecule has 0 amide bonds. The molecule has 0 spiro atoms. The predicted octanol–water partition coefficient (Wildman–Crippen LogP) is 3.25. The van der Waals surface area contributed by atoms with Gasteiger partial charge in [0.25, 0.3) is 0 Å². The Kier molecular flexibility index (Phi) is 3.99. The topological polar surface area (TPSA) is 50.7 Å². The van der Waals surface area contributed by atoms with Gasteiger partial charge in [0, 0.05) is 23.7 Å². The van der Waals surface area contributed by atoms with Crippen molar-refractivity contribution in [2.45, 2.75) is 19.9 Å². The lowest BCUT2D eigenvalue weighted by atomic mass is 10.1. The summed E-state index contributed by atoms with van der Waals surface area (Å²) in [5.74, 6) is 0. The van der Waals surface area contributed by atoms with E-state index in [4.69, 9.17) is 0 Å². The third kappa shape index (κ3) is 2.69. The van der Waals surface area contributed by atoms with Gasteiger partial charge in [-0.3, -0.25) is 4.98 Å². The first-order valence-electron chi connectivity index (χ1n) is 6.75. The number of pyridine rings is 1. The molecule has 0 unspecified atom stereocenters. The van der Waals surface area contributed by atoms with E-state index in [1.54, 1.807) is 11.3 Å². The molecule has 2 aromatic heterocycles. The Balaban J connectivity index is 1.91. The summed E-state index contributed by atoms with van der Waals surface area (Å²) in [4.78, 5) is 4.38. The Morgan fingerprint density at radius 1 is 1.15 bits per heavy atom. The van der Waals surface area contributed by atoms with Crippen LogP contribution in [0.5, 0.6) is 0 Å². The van der Waals surface area contributed by atoms with Crippen LogP contribution in [0, 0.1) is 0 Å². The number of nitrogens with zero attached hydrogens (tertiary/aromatic N) is 3. The van der Waals surface area contributed by atoms with Crippen LogP contribution in [0.1, 0.15) is 18.4 Å². The Morgan fingerprint density at radius 3 is 2.95 bits per heavy atom. The number of fused-ring (bicyclic) bond motifs is 1. The fraction of sp³-hybridized carbons (Fsp3) is 0.267. The van der Waals surface area contributed by atoms with E-state index < -0.39 is 0 Å². The minimum absolute atomic E-state index is 0.786. The van der Waals surface area contributed by atoms with E-state index in [1.165, 1.54) is 0 Å². The molecule has 0 fully saturated rings. The standard InChI is InChI=1S/C15H16N4S/c1-2-8-16-10-14-18-19-15(20-14)12-7-9-17-13-6-4-3-5-11(12)13/h3-7,9,16H,2,8,10H2,1H3. The van der Waals surface area contributed by atoms with Crippen LogP contribution in [0.3, 0.4) is 0 Å². The van der Waals surface area contributed by atoms with Gasteiger partial charge >= 0.3 is 0 Å². The van der Waals surface area contributed by atoms with E-state index in [0.29, 0.717) is 0 Å². The zero-order valence-corrected chi connectivity index (χ0v) is 12.2. The third-order valence-electron chi connectivity index (χ3n) is 3.05. The van der Waals surface area contributed by atoms with Crippen LogP contribution in [0.25, 0.3) is 21.5 Å². The molecule has 0 radical (unpaired) electrons. The molecule has 0 aliphatic rings. The molecular weight excluding hydrogens is 268 g/mol. The summed E-state index contributed by atoms with van der Waals surface area (Å²) in [6, 6.07) is 10.1. The van der Waals surface area contributed by atoms with Gasteiger partial charge in [0.05, 0.1) is 5.52 Å². The van der Waals surface area contributed by atoms with E-state index in [2.05, 4.69) is 33.5 Å². The molecule has 1 N–H and O–H groups in total. The lowest BCUT2D eigenvalue weighted by molar-refractivity contribution is 0.668. The fourth-order valence-corrected chi connectivity index (χ4v) is 2.94. The first kappa shape index (κ1) is 13.1. The van der Waals surface area contributed by atoms with Crippen molar-refractivity contribution >= 4 is 22.2 Å². The van der Waals surface area contributed by atoms with E-state index in [-0.39, 0.29) is 0 Å². The highest BCUT2D eigenvalue weighted by atomic mass is 32.1. The van der Waals surface area contributed by atoms with E-state index in [0.717, 1.165) is 46.0 Å². The van der Waals surface area contributed by atoms with Crippen LogP contribution in [0.15, 0.2) is 36.5 Å². The van der Waals surface area contributed by atoms with Crippen molar-refractivity contribution in [1.29, 1.82) is 0 Å². The van der Waals surface area contributed by atoms with Crippen LogP contribution in [-0.4, -0.2) is 21.7 Å². The molecule has 1 aromatic carbocycles. The highest BCUT2D eigenvalue weighted by Crippen LogP contribution is 2.29. The Hall–Kier alpha value is -1.85. The second kappa shape index (κ2) is 6.07. The maximum atomic E-state index is 4.38. The lowest BCUT2D eigenvalue weighted by Crippen LogP contribution is -2.13. The normalized spacial score (nSPS) is 11.1. The van der Waals surface area contributed by atoms with Crippen LogP contribution in [0.4, 0.5) is 0 Å². The maximum absolute atomic E-state index is 4.38. The molecule has 20 heavy (non-hydrogen) atoms. The predicted molar refractivity (Wildman–Crippen MR) is 82.6 cm³/mol. The van der Waals surface area contributed by atoms with Crippen molar-refractivity contribution in [3.63, 3.8) is 0 Å². The van der Waals surface area contributed by atoms with Gasteiger partial charge in [0.2, 0.25) is 0 Å². The summed E-state index contributed by atoms with van der Waals surface area (Å²) in [5.41, 5.74) is 2.10. The quantitative estimate of drug-likeness (QED) is 0.731. The zero-order chi connectivity index (χ0) is 13.8. The molecule has 4 nitrogen and oxygen atoms in total. The van der Waals surface area contributed by atoms with Gasteiger partial charge in [-0.15, -0.1) is 10.2 Å². The van der Waals surface area contributed by atoms with Crippen molar-refractivity contribution in [3.05, 3.63) is 41.5 Å². The first-order valence-corrected chi connectivity index (χ1v) is 7.57. The third-order valence-corrected chi connectivity index (χ3v) is 4.01. The molecule has 0 aliphatic heterocycles. The van der Waals surface area contributed by atoms with Gasteiger partial charge in [-0.2, -0.15) is 0 Å². The average Bonchev–Trinajstić information content (AvgIpc) is 2.96. The van der Waals surface area contributed by atoms with Crippen molar-refractivity contribution in [2.75, 3.05) is 6.54 Å². The Bertz CT molecular complexity index is 702. The van der Waals surface area contributed by atoms with Crippen molar-refractivity contribution in [3.8, 4) is 10.6 Å². The Morgan fingerprint density at radius 2 is 2.05 bits per heavy atom. The zero-order valence-electron chi connectivity index (χ0n) is 11.3. The van der Waals surface area contributed by atoms with Crippen LogP contribution in [-0.2, 0) is 6.54 Å². The summed E-state index contributed by atoms with van der Waals surface area (Å²) in [6.45, 7) is 3.95. The minimum Gasteiger partial charge on any atom is -0.310 e. The van der Waals surface area contributed by atoms with Gasteiger partial charge in [0.15, 0.2) is 0 Å². The van der Waals surface area contributed by atoms with Gasteiger partial charge < -0.3 is 5.32 Å². The molecule has 3 rings (SSSR count). The summed E-state index contributed by atoms with van der Waals surface area (Å²) < 4.78 is 0. The molecule has 0 saturated heterocycles. The minimum atomic E-state index is 0.786. The molecular formula is C15H16N4S. The molecule has 102 valence electrons. The van der Waals surface area contributed by atoms with Gasteiger partial charge in [-0.05, 0) is 25.1 Å². The fourth-order valence-electron chi connectivity index (χ4n) is 2.09. The molecule has 0 aliphatic carbocycles. The number of benzene rings is 1. The number of hydrogen-bond acceptors (Lipinski definition) is 5. The summed E-state index contributed by atoms with van der Waals surface area (Å²) in [7, 11) is 0. The summed E-state index contributed by atoms with van der Waals surface area (Å²) in [5, 5.41) is 15.0. The largest absolute Gasteiger partial charge is 0.310 e. The summed E-state index contributed by atoms with van der Waals surface area (Å²) in [6.07, 6.45) is 2.95. The average molecular weight is 284 g/mol. The first-order chi connectivity index (χ1) is 9.88. The van der Waals surface area contributed by atoms with Crippen molar-refractivity contribution < 1.29 is 0 Å². The second-order valence-electron chi connectivity index (χ2n) is 4.55. The number of hydrogen-bond donors (Lipinski definition) is 1. The molecule has 0 atom stereocenters. The van der Waals surface area contributed by atoms with Crippen molar-refractivity contribution in [1.82, 2.24) is 20.5 Å². The van der Waals surface area contributed by atoms with E-state index in [9.17, 15) is 0 Å². The van der Waals surface area contributed by atoms with Gasteiger partial charge in [-0.1, -0.05) is 36.5 Å². The van der Waals surface area contributed by atoms with E-state index in [1.807, 2.05) is 30.5 Å². The van der Waals surface area contributed by atoms with Crippen LogP contribution in [0.2, 0.25) is 0 Å². The van der Waals surface area contributed by atoms with E-state index >= 15 is 0 Å². The van der Waals surface area contributed by atoms with Gasteiger partial charge in [-0.25, -0.2) is 0 Å². The molecule has 2 heterocycles. The van der Waals surface area contributed by atoms with Crippen LogP contribution < -0.4 is 5.32 Å². The van der Waals surface area contributed by atoms with Crippen LogP contribution >= 0.6 is 11.3 Å². The monoisotopic (exact) mass is 284 g/mol. The molecule has 3 aromatic rings. The smallest absolute Gasteiger partial charge is 0.148 e. The highest BCUT2D eigenvalue weighted by Gasteiger charge is 2.09. The SMILES string of the molecule is CCCNCc1nnc(-c2ccnc3ccccc23)s1. The number of para-hydroxylation sites is 1. The van der Waals surface area contributed by atoms with Gasteiger partial charge in [0.1, 0.15) is 10.0 Å². The highest BCUT2D eigenvalue weighted by molar-refractivity contribution is 7.14. The maximum Gasteiger partial charge on any atom is 0.148 e. The molecule has 5 heteroatoms. The second-order valence-corrected chi connectivity index (χ2v) is 5.62. The molecule has 0 saturated carbocycles. The number of aromatic nitrogens is 3. The Labute approximate surface area is 121 Å². The summed E-state index contributed by atoms with van der Waals surface area (Å²) >= 11 is 1.64. The van der Waals surface area contributed by atoms with Crippen molar-refractivity contribution in [2.24, 2.45) is 0 Å². The number of rotatable bonds is 5.